The SMILES string of the molecule is Cl.Cl.NCCO.NCCO. The van der Waals surface area contributed by atoms with Crippen LogP contribution in [-0.2, 0) is 0 Å². The first-order valence-electron chi connectivity index (χ1n) is 2.45. The zero-order valence-electron chi connectivity index (χ0n) is 5.69. The summed E-state index contributed by atoms with van der Waals surface area (Å²) < 4.78 is 0. The van der Waals surface area contributed by atoms with Gasteiger partial charge in [0, 0.05) is 13.1 Å². The first kappa shape index (κ1) is 22.4. The molecule has 0 saturated carbocycles. The largest absolute Gasteiger partial charge is 0.395 e. The Balaban J connectivity index is -0.0000000300. The van der Waals surface area contributed by atoms with Gasteiger partial charge in [0.05, 0.1) is 13.2 Å². The molecule has 0 aromatic heterocycles. The molecule has 10 heavy (non-hydrogen) atoms. The molecule has 0 atom stereocenters. The van der Waals surface area contributed by atoms with Gasteiger partial charge in [-0.25, -0.2) is 0 Å². The summed E-state index contributed by atoms with van der Waals surface area (Å²) >= 11 is 0. The van der Waals surface area contributed by atoms with E-state index in [-0.39, 0.29) is 38.0 Å². The van der Waals surface area contributed by atoms with Crippen molar-refractivity contribution in [1.29, 1.82) is 0 Å². The van der Waals surface area contributed by atoms with Gasteiger partial charge in [-0.3, -0.25) is 0 Å². The summed E-state index contributed by atoms with van der Waals surface area (Å²) in [7, 11) is 0. The van der Waals surface area contributed by atoms with Gasteiger partial charge in [0.15, 0.2) is 0 Å². The number of rotatable bonds is 2. The molecule has 0 unspecified atom stereocenters. The minimum absolute atomic E-state index is 0. The van der Waals surface area contributed by atoms with E-state index in [0.29, 0.717) is 13.1 Å². The Labute approximate surface area is 73.4 Å². The Bertz CT molecular complexity index is 27.2. The van der Waals surface area contributed by atoms with Crippen LogP contribution in [0, 0.1) is 0 Å². The van der Waals surface area contributed by atoms with Crippen LogP contribution in [-0.4, -0.2) is 36.5 Å². The molecule has 6 heteroatoms. The maximum Gasteiger partial charge on any atom is 0.0553 e. The smallest absolute Gasteiger partial charge is 0.0553 e. The molecular formula is C4H16Cl2N2O2. The van der Waals surface area contributed by atoms with Crippen LogP contribution < -0.4 is 11.5 Å². The standard InChI is InChI=1S/2C2H7NO.2ClH/c2*3-1-2-4;;/h2*4H,1-3H2;2*1H. The Morgan fingerprint density at radius 3 is 0.900 bits per heavy atom. The van der Waals surface area contributed by atoms with Gasteiger partial charge in [-0.1, -0.05) is 0 Å². The predicted molar refractivity (Wildman–Crippen MR) is 46.8 cm³/mol. The van der Waals surface area contributed by atoms with E-state index in [1.165, 1.54) is 0 Å². The zero-order chi connectivity index (χ0) is 6.83. The summed E-state index contributed by atoms with van der Waals surface area (Å²) in [4.78, 5) is 0. The third-order valence-corrected chi connectivity index (χ3v) is 0.258. The molecule has 68 valence electrons. The predicted octanol–water partition coefficient (Wildman–Crippen LogP) is -1.28. The lowest BCUT2D eigenvalue weighted by atomic mass is 10.8. The van der Waals surface area contributed by atoms with Gasteiger partial charge in [0.2, 0.25) is 0 Å². The molecule has 0 rings (SSSR count). The second kappa shape index (κ2) is 34.2. The summed E-state index contributed by atoms with van der Waals surface area (Å²) in [6, 6.07) is 0. The van der Waals surface area contributed by atoms with Crippen LogP contribution >= 0.6 is 24.8 Å². The maximum atomic E-state index is 7.75. The average molecular weight is 195 g/mol. The van der Waals surface area contributed by atoms with E-state index in [1.54, 1.807) is 0 Å². The van der Waals surface area contributed by atoms with Gasteiger partial charge in [0.1, 0.15) is 0 Å². The van der Waals surface area contributed by atoms with Gasteiger partial charge in [-0.15, -0.1) is 24.8 Å². The van der Waals surface area contributed by atoms with E-state index in [4.69, 9.17) is 21.7 Å². The summed E-state index contributed by atoms with van der Waals surface area (Å²) in [5.41, 5.74) is 9.56. The van der Waals surface area contributed by atoms with Crippen LogP contribution in [0.4, 0.5) is 0 Å². The van der Waals surface area contributed by atoms with E-state index in [9.17, 15) is 0 Å². The number of hydrogen-bond donors (Lipinski definition) is 4. The molecule has 4 nitrogen and oxygen atoms in total. The second-order valence-corrected chi connectivity index (χ2v) is 1.02. The minimum atomic E-state index is 0. The minimum Gasteiger partial charge on any atom is -0.395 e. The highest BCUT2D eigenvalue weighted by Crippen LogP contribution is 1.33. The fourth-order valence-electron chi connectivity index (χ4n) is 0. The van der Waals surface area contributed by atoms with E-state index in [1.807, 2.05) is 0 Å². The van der Waals surface area contributed by atoms with Crippen LogP contribution in [0.5, 0.6) is 0 Å². The lowest BCUT2D eigenvalue weighted by Gasteiger charge is -1.71. The molecule has 0 spiro atoms. The van der Waals surface area contributed by atoms with Crippen molar-refractivity contribution >= 4 is 24.8 Å². The third-order valence-electron chi connectivity index (χ3n) is 0.258. The maximum absolute atomic E-state index is 7.75. The monoisotopic (exact) mass is 194 g/mol. The Morgan fingerprint density at radius 2 is 0.900 bits per heavy atom. The van der Waals surface area contributed by atoms with Crippen LogP contribution in [0.1, 0.15) is 0 Å². The molecule has 0 amide bonds. The topological polar surface area (TPSA) is 92.5 Å². The van der Waals surface area contributed by atoms with Crippen molar-refractivity contribution in [2.75, 3.05) is 26.3 Å². The average Bonchev–Trinajstić information content (AvgIpc) is 1.88. The molecule has 6 N–H and O–H groups in total. The van der Waals surface area contributed by atoms with Crippen molar-refractivity contribution in [3.63, 3.8) is 0 Å². The highest BCUT2D eigenvalue weighted by molar-refractivity contribution is 5.85. The highest BCUT2D eigenvalue weighted by Gasteiger charge is 1.56. The van der Waals surface area contributed by atoms with Crippen LogP contribution in [0.15, 0.2) is 0 Å². The molecule has 0 aromatic carbocycles. The molecule has 0 heterocycles. The van der Waals surface area contributed by atoms with Crippen molar-refractivity contribution in [1.82, 2.24) is 0 Å². The molecule has 0 aliphatic rings. The van der Waals surface area contributed by atoms with Gasteiger partial charge in [0.25, 0.3) is 0 Å². The lowest BCUT2D eigenvalue weighted by molar-refractivity contribution is 0.306. The number of hydrogen-bond acceptors (Lipinski definition) is 4. The summed E-state index contributed by atoms with van der Waals surface area (Å²) in [5, 5.41) is 15.5. The summed E-state index contributed by atoms with van der Waals surface area (Å²) in [6.45, 7) is 0.944. The zero-order valence-corrected chi connectivity index (χ0v) is 7.33. The first-order valence-corrected chi connectivity index (χ1v) is 2.45. The normalized spacial score (nSPS) is 6.00. The molecule has 0 aliphatic carbocycles. The molecule has 0 bridgehead atoms. The molecule has 0 aromatic rings. The fourth-order valence-corrected chi connectivity index (χ4v) is 0. The van der Waals surface area contributed by atoms with E-state index in [2.05, 4.69) is 0 Å². The Hall–Kier alpha value is 0.420. The number of aliphatic hydroxyl groups excluding tert-OH is 2. The Kier molecular flexibility index (Phi) is 76.7. The molecule has 0 radical (unpaired) electrons. The van der Waals surface area contributed by atoms with Crippen LogP contribution in [0.3, 0.4) is 0 Å². The quantitative estimate of drug-likeness (QED) is 0.441. The van der Waals surface area contributed by atoms with Crippen molar-refractivity contribution < 1.29 is 10.2 Å². The van der Waals surface area contributed by atoms with Crippen molar-refractivity contribution in [2.24, 2.45) is 11.5 Å². The highest BCUT2D eigenvalue weighted by atomic mass is 35.5. The molecule has 0 saturated heterocycles. The summed E-state index contributed by atoms with van der Waals surface area (Å²) in [6.07, 6.45) is 0. The van der Waals surface area contributed by atoms with Gasteiger partial charge in [-0.05, 0) is 0 Å². The van der Waals surface area contributed by atoms with Crippen molar-refractivity contribution in [3.05, 3.63) is 0 Å². The third kappa shape index (κ3) is 79.2. The fraction of sp³-hybridized carbons (Fsp3) is 1.00. The van der Waals surface area contributed by atoms with Crippen LogP contribution in [0.25, 0.3) is 0 Å². The lowest BCUT2D eigenvalue weighted by Crippen LogP contribution is -2.02. The first-order chi connectivity index (χ1) is 3.83. The van der Waals surface area contributed by atoms with Gasteiger partial charge < -0.3 is 21.7 Å². The van der Waals surface area contributed by atoms with Gasteiger partial charge in [-0.2, -0.15) is 0 Å². The van der Waals surface area contributed by atoms with Crippen LogP contribution in [0.2, 0.25) is 0 Å². The van der Waals surface area contributed by atoms with E-state index >= 15 is 0 Å². The van der Waals surface area contributed by atoms with Crippen molar-refractivity contribution in [3.8, 4) is 0 Å². The molecule has 0 aliphatic heterocycles. The van der Waals surface area contributed by atoms with E-state index < -0.39 is 0 Å². The van der Waals surface area contributed by atoms with Crippen molar-refractivity contribution in [2.45, 2.75) is 0 Å². The number of halogens is 2. The second-order valence-electron chi connectivity index (χ2n) is 1.02. The molecule has 0 fully saturated rings. The summed E-state index contributed by atoms with van der Waals surface area (Å²) in [5.74, 6) is 0. The number of nitrogens with two attached hydrogens (primary N) is 2. The van der Waals surface area contributed by atoms with E-state index in [0.717, 1.165) is 0 Å². The van der Waals surface area contributed by atoms with Gasteiger partial charge >= 0.3 is 0 Å². The molecular weight excluding hydrogens is 179 g/mol. The Morgan fingerprint density at radius 1 is 0.800 bits per heavy atom. The number of aliphatic hydroxyl groups is 2.